The Kier molecular flexibility index (Phi) is 3.81. The van der Waals surface area contributed by atoms with E-state index in [1.165, 1.54) is 6.07 Å². The van der Waals surface area contributed by atoms with Crippen LogP contribution in [0.15, 0.2) is 24.3 Å². The lowest BCUT2D eigenvalue weighted by molar-refractivity contribution is -0.383. The number of likely N-dealkylation sites (N-methyl/N-ethyl adjacent to an activating group) is 1. The van der Waals surface area contributed by atoms with Crippen LogP contribution in [0.25, 0.3) is 10.9 Å². The minimum atomic E-state index is -0.448. The molecular weight excluding hydrogens is 284 g/mol. The molecule has 1 amide bonds. The van der Waals surface area contributed by atoms with Crippen LogP contribution >= 0.6 is 0 Å². The molecule has 0 radical (unpaired) electrons. The van der Waals surface area contributed by atoms with E-state index in [-0.39, 0.29) is 17.6 Å². The van der Waals surface area contributed by atoms with E-state index in [0.717, 1.165) is 25.9 Å². The SMILES string of the molecule is CN1CCCC(NC(=O)c2cc3cccc([N+](=O)[O-])c3[nH]2)C1. The highest BCUT2D eigenvalue weighted by Crippen LogP contribution is 2.25. The van der Waals surface area contributed by atoms with Gasteiger partial charge in [-0.2, -0.15) is 0 Å². The molecule has 2 N–H and O–H groups in total. The third-order valence-corrected chi connectivity index (χ3v) is 4.04. The summed E-state index contributed by atoms with van der Waals surface area (Å²) in [5, 5.41) is 14.7. The van der Waals surface area contributed by atoms with Crippen molar-refractivity contribution >= 4 is 22.5 Å². The van der Waals surface area contributed by atoms with E-state index in [2.05, 4.69) is 15.2 Å². The summed E-state index contributed by atoms with van der Waals surface area (Å²) >= 11 is 0. The minimum absolute atomic E-state index is 0.0195. The van der Waals surface area contributed by atoms with E-state index >= 15 is 0 Å². The van der Waals surface area contributed by atoms with Gasteiger partial charge in [0.1, 0.15) is 11.2 Å². The first-order valence-electron chi connectivity index (χ1n) is 7.30. The molecule has 1 fully saturated rings. The number of hydrogen-bond donors (Lipinski definition) is 2. The van der Waals surface area contributed by atoms with Gasteiger partial charge in [-0.25, -0.2) is 0 Å². The lowest BCUT2D eigenvalue weighted by Crippen LogP contribution is -2.46. The van der Waals surface area contributed by atoms with Crippen LogP contribution in [0.4, 0.5) is 5.69 Å². The van der Waals surface area contributed by atoms with Gasteiger partial charge in [-0.15, -0.1) is 0 Å². The Labute approximate surface area is 127 Å². The molecule has 1 aliphatic rings. The smallest absolute Gasteiger partial charge is 0.293 e. The topological polar surface area (TPSA) is 91.3 Å². The second-order valence-electron chi connectivity index (χ2n) is 5.76. The maximum absolute atomic E-state index is 12.3. The summed E-state index contributed by atoms with van der Waals surface area (Å²) in [4.78, 5) is 28.0. The number of benzene rings is 1. The Bertz CT molecular complexity index is 725. The average molecular weight is 302 g/mol. The first-order chi connectivity index (χ1) is 10.5. The van der Waals surface area contributed by atoms with Gasteiger partial charge in [0.25, 0.3) is 11.6 Å². The van der Waals surface area contributed by atoms with Crippen molar-refractivity contribution in [3.05, 3.63) is 40.1 Å². The number of nitrogens with one attached hydrogen (secondary N) is 2. The monoisotopic (exact) mass is 302 g/mol. The van der Waals surface area contributed by atoms with Gasteiger partial charge in [-0.1, -0.05) is 12.1 Å². The number of aromatic nitrogens is 1. The molecule has 7 nitrogen and oxygen atoms in total. The van der Waals surface area contributed by atoms with E-state index in [0.29, 0.717) is 16.6 Å². The maximum Gasteiger partial charge on any atom is 0.293 e. The summed E-state index contributed by atoms with van der Waals surface area (Å²) in [6.45, 7) is 1.87. The first-order valence-corrected chi connectivity index (χ1v) is 7.30. The van der Waals surface area contributed by atoms with Gasteiger partial charge >= 0.3 is 0 Å². The zero-order valence-electron chi connectivity index (χ0n) is 12.3. The Morgan fingerprint density at radius 3 is 3.05 bits per heavy atom. The predicted molar refractivity (Wildman–Crippen MR) is 82.9 cm³/mol. The number of nitro benzene ring substituents is 1. The van der Waals surface area contributed by atoms with E-state index in [1.54, 1.807) is 18.2 Å². The highest BCUT2D eigenvalue weighted by atomic mass is 16.6. The Hall–Kier alpha value is -2.41. The molecule has 1 atom stereocenters. The van der Waals surface area contributed by atoms with Crippen molar-refractivity contribution < 1.29 is 9.72 Å². The number of aromatic amines is 1. The molecule has 22 heavy (non-hydrogen) atoms. The standard InChI is InChI=1S/C15H18N4O3/c1-18-7-3-5-11(9-18)16-15(20)12-8-10-4-2-6-13(19(21)22)14(10)17-12/h2,4,6,8,11,17H,3,5,7,9H2,1H3,(H,16,20). The molecule has 1 unspecified atom stereocenters. The number of H-pyrrole nitrogens is 1. The second kappa shape index (κ2) is 5.76. The van der Waals surface area contributed by atoms with E-state index in [4.69, 9.17) is 0 Å². The number of para-hydroxylation sites is 1. The average Bonchev–Trinajstić information content (AvgIpc) is 2.91. The normalized spacial score (nSPS) is 19.2. The van der Waals surface area contributed by atoms with Gasteiger partial charge in [0.2, 0.25) is 0 Å². The summed E-state index contributed by atoms with van der Waals surface area (Å²) in [5.74, 6) is -0.217. The van der Waals surface area contributed by atoms with Crippen molar-refractivity contribution in [1.29, 1.82) is 0 Å². The fourth-order valence-electron chi connectivity index (χ4n) is 2.96. The Morgan fingerprint density at radius 1 is 1.50 bits per heavy atom. The molecule has 1 aliphatic heterocycles. The van der Waals surface area contributed by atoms with Gasteiger partial charge < -0.3 is 15.2 Å². The van der Waals surface area contributed by atoms with Crippen molar-refractivity contribution in [2.75, 3.05) is 20.1 Å². The molecule has 116 valence electrons. The summed E-state index contributed by atoms with van der Waals surface area (Å²) in [6.07, 6.45) is 2.01. The Morgan fingerprint density at radius 2 is 2.32 bits per heavy atom. The molecule has 2 heterocycles. The van der Waals surface area contributed by atoms with Gasteiger partial charge in [0.05, 0.1) is 4.92 Å². The fraction of sp³-hybridized carbons (Fsp3) is 0.400. The van der Waals surface area contributed by atoms with Crippen LogP contribution in [0.1, 0.15) is 23.3 Å². The van der Waals surface area contributed by atoms with E-state index < -0.39 is 4.92 Å². The summed E-state index contributed by atoms with van der Waals surface area (Å²) in [7, 11) is 2.03. The number of piperidine rings is 1. The van der Waals surface area contributed by atoms with Gasteiger partial charge in [0.15, 0.2) is 0 Å². The number of carbonyl (C=O) groups is 1. The molecule has 7 heteroatoms. The third-order valence-electron chi connectivity index (χ3n) is 4.04. The molecule has 1 aromatic heterocycles. The maximum atomic E-state index is 12.3. The van der Waals surface area contributed by atoms with E-state index in [9.17, 15) is 14.9 Å². The zero-order valence-corrected chi connectivity index (χ0v) is 12.3. The number of rotatable bonds is 3. The molecule has 2 aromatic rings. The first kappa shape index (κ1) is 14.5. The van der Waals surface area contributed by atoms with Gasteiger partial charge in [0, 0.05) is 24.0 Å². The number of non-ortho nitro benzene ring substituents is 1. The largest absolute Gasteiger partial charge is 0.347 e. The van der Waals surface area contributed by atoms with Crippen molar-refractivity contribution in [3.8, 4) is 0 Å². The quantitative estimate of drug-likeness (QED) is 0.669. The third kappa shape index (κ3) is 2.80. The van der Waals surface area contributed by atoms with Crippen molar-refractivity contribution in [2.45, 2.75) is 18.9 Å². The lowest BCUT2D eigenvalue weighted by Gasteiger charge is -2.30. The number of amides is 1. The minimum Gasteiger partial charge on any atom is -0.347 e. The van der Waals surface area contributed by atoms with Crippen LogP contribution in [0.5, 0.6) is 0 Å². The van der Waals surface area contributed by atoms with Gasteiger partial charge in [-0.3, -0.25) is 14.9 Å². The molecule has 1 saturated heterocycles. The summed E-state index contributed by atoms with van der Waals surface area (Å²) < 4.78 is 0. The van der Waals surface area contributed by atoms with Crippen LogP contribution in [-0.4, -0.2) is 46.9 Å². The molecule has 3 rings (SSSR count). The van der Waals surface area contributed by atoms with Crippen molar-refractivity contribution in [3.63, 3.8) is 0 Å². The number of fused-ring (bicyclic) bond motifs is 1. The van der Waals surface area contributed by atoms with Crippen LogP contribution in [0.2, 0.25) is 0 Å². The van der Waals surface area contributed by atoms with Crippen LogP contribution in [0, 0.1) is 10.1 Å². The summed E-state index contributed by atoms with van der Waals surface area (Å²) in [5.41, 5.74) is 0.727. The predicted octanol–water partition coefficient (Wildman–Crippen LogP) is 1.90. The summed E-state index contributed by atoms with van der Waals surface area (Å²) in [6, 6.07) is 6.57. The second-order valence-corrected chi connectivity index (χ2v) is 5.76. The van der Waals surface area contributed by atoms with Gasteiger partial charge in [-0.05, 0) is 32.5 Å². The number of hydrogen-bond acceptors (Lipinski definition) is 4. The molecule has 0 saturated carbocycles. The number of nitro groups is 1. The highest BCUT2D eigenvalue weighted by Gasteiger charge is 2.21. The number of likely N-dealkylation sites (tertiary alicyclic amines) is 1. The number of nitrogens with zero attached hydrogens (tertiary/aromatic N) is 2. The van der Waals surface area contributed by atoms with Crippen LogP contribution in [0.3, 0.4) is 0 Å². The zero-order chi connectivity index (χ0) is 15.7. The molecule has 0 aliphatic carbocycles. The van der Waals surface area contributed by atoms with Crippen LogP contribution in [-0.2, 0) is 0 Å². The molecular formula is C15H18N4O3. The Balaban J connectivity index is 1.82. The molecule has 0 bridgehead atoms. The van der Waals surface area contributed by atoms with Crippen molar-refractivity contribution in [2.24, 2.45) is 0 Å². The number of carbonyl (C=O) groups excluding carboxylic acids is 1. The van der Waals surface area contributed by atoms with E-state index in [1.807, 2.05) is 7.05 Å². The van der Waals surface area contributed by atoms with Crippen LogP contribution < -0.4 is 5.32 Å². The fourth-order valence-corrected chi connectivity index (χ4v) is 2.96. The lowest BCUT2D eigenvalue weighted by atomic mass is 10.1. The molecule has 0 spiro atoms. The van der Waals surface area contributed by atoms with Crippen molar-refractivity contribution in [1.82, 2.24) is 15.2 Å². The highest BCUT2D eigenvalue weighted by molar-refractivity contribution is 6.00. The molecule has 1 aromatic carbocycles.